The van der Waals surface area contributed by atoms with Crippen molar-refractivity contribution in [2.75, 3.05) is 13.1 Å². The molecule has 0 spiro atoms. The van der Waals surface area contributed by atoms with Crippen LogP contribution in [0, 0.1) is 6.92 Å². The minimum atomic E-state index is -0.0265. The number of hydrogen-bond acceptors (Lipinski definition) is 4. The molecule has 1 amide bonds. The Labute approximate surface area is 165 Å². The first-order valence-corrected chi connectivity index (χ1v) is 9.56. The molecule has 0 aliphatic carbocycles. The van der Waals surface area contributed by atoms with Gasteiger partial charge in [0.05, 0.1) is 18.7 Å². The summed E-state index contributed by atoms with van der Waals surface area (Å²) in [6, 6.07) is 22.1. The van der Waals surface area contributed by atoms with Crippen LogP contribution in [0.5, 0.6) is 5.88 Å². The van der Waals surface area contributed by atoms with Gasteiger partial charge in [-0.15, -0.1) is 5.10 Å². The predicted molar refractivity (Wildman–Crippen MR) is 108 cm³/mol. The zero-order valence-corrected chi connectivity index (χ0v) is 15.9. The van der Waals surface area contributed by atoms with Gasteiger partial charge in [-0.25, -0.2) is 0 Å². The lowest BCUT2D eigenvalue weighted by Crippen LogP contribution is -2.32. The zero-order valence-electron chi connectivity index (χ0n) is 15.9. The van der Waals surface area contributed by atoms with Gasteiger partial charge in [-0.05, 0) is 29.7 Å². The number of carbonyl (C=O) groups is 1. The van der Waals surface area contributed by atoms with E-state index < -0.39 is 0 Å². The molecule has 28 heavy (non-hydrogen) atoms. The Morgan fingerprint density at radius 2 is 1.75 bits per heavy atom. The SMILES string of the molecule is Cc1ccc(OC2CCN(C(=O)Cc3ccc(-c4ccccc4)cc3)C2)nn1. The van der Waals surface area contributed by atoms with E-state index in [1.807, 2.05) is 54.3 Å². The van der Waals surface area contributed by atoms with Crippen molar-refractivity contribution in [3.63, 3.8) is 0 Å². The third-order valence-electron chi connectivity index (χ3n) is 4.97. The molecule has 5 nitrogen and oxygen atoms in total. The van der Waals surface area contributed by atoms with Gasteiger partial charge >= 0.3 is 0 Å². The quantitative estimate of drug-likeness (QED) is 0.685. The van der Waals surface area contributed by atoms with Crippen molar-refractivity contribution < 1.29 is 9.53 Å². The van der Waals surface area contributed by atoms with Gasteiger partial charge in [0, 0.05) is 19.0 Å². The predicted octanol–water partition coefficient (Wildman–Crippen LogP) is 3.67. The zero-order chi connectivity index (χ0) is 19.3. The monoisotopic (exact) mass is 373 g/mol. The highest BCUT2D eigenvalue weighted by Gasteiger charge is 2.27. The van der Waals surface area contributed by atoms with E-state index in [1.54, 1.807) is 0 Å². The molecule has 5 heteroatoms. The number of carbonyl (C=O) groups excluding carboxylic acids is 1. The fraction of sp³-hybridized carbons (Fsp3) is 0.261. The number of aromatic nitrogens is 2. The number of nitrogens with zero attached hydrogens (tertiary/aromatic N) is 3. The first-order valence-electron chi connectivity index (χ1n) is 9.56. The van der Waals surface area contributed by atoms with E-state index in [0.717, 1.165) is 23.2 Å². The van der Waals surface area contributed by atoms with E-state index in [1.165, 1.54) is 5.56 Å². The number of aryl methyl sites for hydroxylation is 1. The molecule has 1 aliphatic rings. The summed E-state index contributed by atoms with van der Waals surface area (Å²) >= 11 is 0. The van der Waals surface area contributed by atoms with E-state index in [4.69, 9.17) is 4.74 Å². The van der Waals surface area contributed by atoms with Crippen LogP contribution in [0.3, 0.4) is 0 Å². The largest absolute Gasteiger partial charge is 0.471 e. The minimum absolute atomic E-state index is 0.0265. The molecule has 1 unspecified atom stereocenters. The van der Waals surface area contributed by atoms with Gasteiger partial charge in [0.2, 0.25) is 11.8 Å². The topological polar surface area (TPSA) is 55.3 Å². The van der Waals surface area contributed by atoms with Crippen molar-refractivity contribution in [3.05, 3.63) is 78.0 Å². The fourth-order valence-corrected chi connectivity index (χ4v) is 3.40. The van der Waals surface area contributed by atoms with Gasteiger partial charge in [0.25, 0.3) is 0 Å². The van der Waals surface area contributed by atoms with Crippen molar-refractivity contribution in [1.82, 2.24) is 15.1 Å². The van der Waals surface area contributed by atoms with Crippen LogP contribution >= 0.6 is 0 Å². The highest BCUT2D eigenvalue weighted by atomic mass is 16.5. The molecule has 1 atom stereocenters. The second kappa shape index (κ2) is 8.21. The molecule has 0 N–H and O–H groups in total. The maximum Gasteiger partial charge on any atom is 0.233 e. The molecule has 142 valence electrons. The van der Waals surface area contributed by atoms with Crippen molar-refractivity contribution in [2.24, 2.45) is 0 Å². The van der Waals surface area contributed by atoms with Crippen LogP contribution in [-0.2, 0) is 11.2 Å². The molecular weight excluding hydrogens is 350 g/mol. The highest BCUT2D eigenvalue weighted by molar-refractivity contribution is 5.79. The first kappa shape index (κ1) is 18.2. The Bertz CT molecular complexity index is 924. The molecule has 3 aromatic rings. The molecular formula is C23H23N3O2. The number of benzene rings is 2. The lowest BCUT2D eigenvalue weighted by molar-refractivity contribution is -0.129. The Balaban J connectivity index is 1.32. The standard InChI is InChI=1S/C23H23N3O2/c1-17-7-12-22(25-24-17)28-21-13-14-26(16-21)23(27)15-18-8-10-20(11-9-18)19-5-3-2-4-6-19/h2-12,21H,13-16H2,1H3. The smallest absolute Gasteiger partial charge is 0.233 e. The van der Waals surface area contributed by atoms with Crippen LogP contribution < -0.4 is 4.74 Å². The number of hydrogen-bond donors (Lipinski definition) is 0. The second-order valence-electron chi connectivity index (χ2n) is 7.12. The maximum atomic E-state index is 12.7. The van der Waals surface area contributed by atoms with Crippen molar-refractivity contribution in [3.8, 4) is 17.0 Å². The van der Waals surface area contributed by atoms with Crippen LogP contribution in [0.25, 0.3) is 11.1 Å². The summed E-state index contributed by atoms with van der Waals surface area (Å²) in [7, 11) is 0. The van der Waals surface area contributed by atoms with Gasteiger partial charge in [-0.1, -0.05) is 54.6 Å². The van der Waals surface area contributed by atoms with Crippen LogP contribution in [0.1, 0.15) is 17.7 Å². The summed E-state index contributed by atoms with van der Waals surface area (Å²) in [4.78, 5) is 14.5. The van der Waals surface area contributed by atoms with Crippen LogP contribution in [0.15, 0.2) is 66.7 Å². The summed E-state index contributed by atoms with van der Waals surface area (Å²) < 4.78 is 5.86. The van der Waals surface area contributed by atoms with Crippen LogP contribution in [-0.4, -0.2) is 40.2 Å². The molecule has 0 radical (unpaired) electrons. The molecule has 1 fully saturated rings. The molecule has 4 rings (SSSR count). The number of rotatable bonds is 5. The molecule has 2 aromatic carbocycles. The van der Waals surface area contributed by atoms with Gasteiger partial charge in [0.1, 0.15) is 6.10 Å². The molecule has 0 saturated carbocycles. The number of amides is 1. The Morgan fingerprint density at radius 1 is 1.00 bits per heavy atom. The number of ether oxygens (including phenoxy) is 1. The van der Waals surface area contributed by atoms with Crippen LogP contribution in [0.4, 0.5) is 0 Å². The normalized spacial score (nSPS) is 16.2. The van der Waals surface area contributed by atoms with Gasteiger partial charge in [-0.2, -0.15) is 5.10 Å². The summed E-state index contributed by atoms with van der Waals surface area (Å²) in [6.45, 7) is 3.19. The van der Waals surface area contributed by atoms with Crippen molar-refractivity contribution in [1.29, 1.82) is 0 Å². The van der Waals surface area contributed by atoms with E-state index in [2.05, 4.69) is 34.5 Å². The van der Waals surface area contributed by atoms with E-state index >= 15 is 0 Å². The third-order valence-corrected chi connectivity index (χ3v) is 4.97. The van der Waals surface area contributed by atoms with E-state index in [9.17, 15) is 4.79 Å². The minimum Gasteiger partial charge on any atom is -0.471 e. The Hall–Kier alpha value is -3.21. The second-order valence-corrected chi connectivity index (χ2v) is 7.12. The van der Waals surface area contributed by atoms with Gasteiger partial charge in [-0.3, -0.25) is 4.79 Å². The Morgan fingerprint density at radius 3 is 2.46 bits per heavy atom. The van der Waals surface area contributed by atoms with Gasteiger partial charge < -0.3 is 9.64 Å². The summed E-state index contributed by atoms with van der Waals surface area (Å²) in [5, 5.41) is 8.04. The maximum absolute atomic E-state index is 12.7. The summed E-state index contributed by atoms with van der Waals surface area (Å²) in [5.74, 6) is 0.648. The lowest BCUT2D eigenvalue weighted by atomic mass is 10.0. The van der Waals surface area contributed by atoms with E-state index in [-0.39, 0.29) is 12.0 Å². The highest BCUT2D eigenvalue weighted by Crippen LogP contribution is 2.21. The first-order chi connectivity index (χ1) is 13.7. The third kappa shape index (κ3) is 4.36. The van der Waals surface area contributed by atoms with Crippen molar-refractivity contribution >= 4 is 5.91 Å². The van der Waals surface area contributed by atoms with Gasteiger partial charge in [0.15, 0.2) is 0 Å². The molecule has 1 aliphatic heterocycles. The average Bonchev–Trinajstić information content (AvgIpc) is 3.20. The lowest BCUT2D eigenvalue weighted by Gasteiger charge is -2.17. The molecule has 2 heterocycles. The molecule has 1 saturated heterocycles. The summed E-state index contributed by atoms with van der Waals surface area (Å²) in [5.41, 5.74) is 4.22. The summed E-state index contributed by atoms with van der Waals surface area (Å²) in [6.07, 6.45) is 1.20. The van der Waals surface area contributed by atoms with E-state index in [0.29, 0.717) is 25.4 Å². The molecule has 1 aromatic heterocycles. The average molecular weight is 373 g/mol. The fourth-order valence-electron chi connectivity index (χ4n) is 3.40. The van der Waals surface area contributed by atoms with Crippen molar-refractivity contribution in [2.45, 2.75) is 25.9 Å². The van der Waals surface area contributed by atoms with Crippen LogP contribution in [0.2, 0.25) is 0 Å². The Kier molecular flexibility index (Phi) is 5.33. The molecule has 0 bridgehead atoms. The number of likely N-dealkylation sites (tertiary alicyclic amines) is 1.